The minimum absolute atomic E-state index is 0.118. The molecule has 0 atom stereocenters. The van der Waals surface area contributed by atoms with Gasteiger partial charge in [0.05, 0.1) is 33.7 Å². The Morgan fingerprint density at radius 3 is 1.83 bits per heavy atom. The third-order valence-corrected chi connectivity index (χ3v) is 4.05. The molecule has 0 bridgehead atoms. The molecular weight excluding hydrogens is 386 g/mol. The Labute approximate surface area is 174 Å². The lowest BCUT2D eigenvalue weighted by molar-refractivity contribution is -0.114. The molecule has 0 spiro atoms. The van der Waals surface area contributed by atoms with Crippen LogP contribution in [-0.2, 0) is 4.79 Å². The number of carbonyl (C=O) groups is 1. The minimum Gasteiger partial charge on any atom is -0.493 e. The van der Waals surface area contributed by atoms with E-state index < -0.39 is 0 Å². The molecule has 3 aromatic rings. The van der Waals surface area contributed by atoms with E-state index in [1.54, 1.807) is 58.0 Å². The molecule has 0 radical (unpaired) electrons. The molecule has 0 aliphatic rings. The average molecular weight is 409 g/mol. The van der Waals surface area contributed by atoms with Crippen LogP contribution in [0.15, 0.2) is 48.8 Å². The van der Waals surface area contributed by atoms with Crippen LogP contribution in [-0.4, -0.2) is 37.2 Å². The highest BCUT2D eigenvalue weighted by molar-refractivity contribution is 5.88. The van der Waals surface area contributed by atoms with Gasteiger partial charge in [-0.15, -0.1) is 0 Å². The fourth-order valence-corrected chi connectivity index (χ4v) is 2.78. The molecule has 30 heavy (non-hydrogen) atoms. The first kappa shape index (κ1) is 20.7. The zero-order valence-electron chi connectivity index (χ0n) is 17.1. The number of hydrogen-bond acceptors (Lipinski definition) is 8. The third kappa shape index (κ3) is 5.07. The number of anilines is 5. The number of aromatic nitrogens is 2. The van der Waals surface area contributed by atoms with Crippen molar-refractivity contribution in [3.8, 4) is 17.2 Å². The molecule has 156 valence electrons. The van der Waals surface area contributed by atoms with Crippen LogP contribution in [0, 0.1) is 0 Å². The van der Waals surface area contributed by atoms with Gasteiger partial charge in [0, 0.05) is 36.1 Å². The number of benzene rings is 2. The number of nitrogens with one attached hydrogen (secondary N) is 3. The Balaban J connectivity index is 1.76. The minimum atomic E-state index is -0.118. The standard InChI is InChI=1S/C21H23N5O4/c1-13(27)23-14-5-7-15(8-6-14)24-19-11-22-12-20(26-19)25-16-9-17(28-2)21(30-4)18(10-16)29-3/h5-12H,1-4H3,(H,23,27)(H2,24,25,26). The maximum Gasteiger partial charge on any atom is 0.221 e. The van der Waals surface area contributed by atoms with E-state index in [0.717, 1.165) is 11.4 Å². The fraction of sp³-hybridized carbons (Fsp3) is 0.190. The van der Waals surface area contributed by atoms with Gasteiger partial charge in [-0.05, 0) is 24.3 Å². The Morgan fingerprint density at radius 1 is 0.800 bits per heavy atom. The van der Waals surface area contributed by atoms with E-state index in [1.165, 1.54) is 6.92 Å². The number of nitrogens with zero attached hydrogens (tertiary/aromatic N) is 2. The summed E-state index contributed by atoms with van der Waals surface area (Å²) in [6, 6.07) is 10.8. The van der Waals surface area contributed by atoms with E-state index in [4.69, 9.17) is 14.2 Å². The first-order valence-corrected chi connectivity index (χ1v) is 9.06. The molecule has 0 saturated heterocycles. The summed E-state index contributed by atoms with van der Waals surface area (Å²) in [5.74, 6) is 2.53. The zero-order valence-corrected chi connectivity index (χ0v) is 17.1. The number of hydrogen-bond donors (Lipinski definition) is 3. The summed E-state index contributed by atoms with van der Waals surface area (Å²) in [6.07, 6.45) is 3.22. The fourth-order valence-electron chi connectivity index (χ4n) is 2.78. The van der Waals surface area contributed by atoms with Crippen molar-refractivity contribution in [2.24, 2.45) is 0 Å². The molecule has 1 amide bonds. The summed E-state index contributed by atoms with van der Waals surface area (Å²) in [6.45, 7) is 1.47. The first-order chi connectivity index (χ1) is 14.5. The van der Waals surface area contributed by atoms with Gasteiger partial charge < -0.3 is 30.2 Å². The van der Waals surface area contributed by atoms with Gasteiger partial charge >= 0.3 is 0 Å². The van der Waals surface area contributed by atoms with Crippen LogP contribution in [0.3, 0.4) is 0 Å². The van der Waals surface area contributed by atoms with Crippen LogP contribution >= 0.6 is 0 Å². The zero-order chi connectivity index (χ0) is 21.5. The van der Waals surface area contributed by atoms with Gasteiger partial charge in [0.1, 0.15) is 0 Å². The largest absolute Gasteiger partial charge is 0.493 e. The van der Waals surface area contributed by atoms with Gasteiger partial charge in [-0.1, -0.05) is 0 Å². The van der Waals surface area contributed by atoms with Crippen LogP contribution < -0.4 is 30.2 Å². The summed E-state index contributed by atoms with van der Waals surface area (Å²) < 4.78 is 16.1. The van der Waals surface area contributed by atoms with E-state index in [9.17, 15) is 4.79 Å². The summed E-state index contributed by atoms with van der Waals surface area (Å²) in [5, 5.41) is 9.09. The summed E-state index contributed by atoms with van der Waals surface area (Å²) in [4.78, 5) is 19.9. The molecule has 0 fully saturated rings. The predicted molar refractivity (Wildman–Crippen MR) is 115 cm³/mol. The van der Waals surface area contributed by atoms with Gasteiger partial charge in [-0.3, -0.25) is 9.78 Å². The second-order valence-electron chi connectivity index (χ2n) is 6.21. The van der Waals surface area contributed by atoms with Crippen molar-refractivity contribution in [1.29, 1.82) is 0 Å². The molecule has 9 heteroatoms. The number of amides is 1. The number of rotatable bonds is 8. The quantitative estimate of drug-likeness (QED) is 0.513. The Hall–Kier alpha value is -4.01. The maximum absolute atomic E-state index is 11.1. The van der Waals surface area contributed by atoms with Crippen molar-refractivity contribution in [3.05, 3.63) is 48.8 Å². The van der Waals surface area contributed by atoms with E-state index in [1.807, 2.05) is 12.1 Å². The molecule has 3 N–H and O–H groups in total. The van der Waals surface area contributed by atoms with Crippen molar-refractivity contribution < 1.29 is 19.0 Å². The van der Waals surface area contributed by atoms with Crippen LogP contribution in [0.5, 0.6) is 17.2 Å². The van der Waals surface area contributed by atoms with Gasteiger partial charge in [-0.25, -0.2) is 4.98 Å². The lowest BCUT2D eigenvalue weighted by Crippen LogP contribution is -2.05. The van der Waals surface area contributed by atoms with Gasteiger partial charge in [-0.2, -0.15) is 0 Å². The van der Waals surface area contributed by atoms with E-state index in [0.29, 0.717) is 34.6 Å². The van der Waals surface area contributed by atoms with Crippen LogP contribution in [0.25, 0.3) is 0 Å². The topological polar surface area (TPSA) is 107 Å². The van der Waals surface area contributed by atoms with E-state index in [-0.39, 0.29) is 5.91 Å². The lowest BCUT2D eigenvalue weighted by Gasteiger charge is -2.15. The van der Waals surface area contributed by atoms with Crippen molar-refractivity contribution >= 4 is 34.6 Å². The smallest absolute Gasteiger partial charge is 0.221 e. The van der Waals surface area contributed by atoms with Crippen molar-refractivity contribution in [1.82, 2.24) is 9.97 Å². The molecule has 0 aliphatic heterocycles. The third-order valence-electron chi connectivity index (χ3n) is 4.05. The predicted octanol–water partition coefficient (Wildman–Crippen LogP) is 3.95. The molecule has 1 aromatic heterocycles. The van der Waals surface area contributed by atoms with Crippen LogP contribution in [0.1, 0.15) is 6.92 Å². The molecule has 1 heterocycles. The van der Waals surface area contributed by atoms with Gasteiger partial charge in [0.15, 0.2) is 23.1 Å². The Morgan fingerprint density at radius 2 is 1.33 bits per heavy atom. The highest BCUT2D eigenvalue weighted by Crippen LogP contribution is 2.40. The molecule has 2 aromatic carbocycles. The van der Waals surface area contributed by atoms with Gasteiger partial charge in [0.2, 0.25) is 11.7 Å². The van der Waals surface area contributed by atoms with E-state index in [2.05, 4.69) is 25.9 Å². The lowest BCUT2D eigenvalue weighted by atomic mass is 10.2. The first-order valence-electron chi connectivity index (χ1n) is 9.06. The second-order valence-corrected chi connectivity index (χ2v) is 6.21. The Bertz CT molecular complexity index is 999. The number of carbonyl (C=O) groups excluding carboxylic acids is 1. The summed E-state index contributed by atoms with van der Waals surface area (Å²) in [7, 11) is 4.67. The summed E-state index contributed by atoms with van der Waals surface area (Å²) >= 11 is 0. The Kier molecular flexibility index (Phi) is 6.53. The summed E-state index contributed by atoms with van der Waals surface area (Å²) in [5.41, 5.74) is 2.23. The monoisotopic (exact) mass is 409 g/mol. The molecule has 0 aliphatic carbocycles. The maximum atomic E-state index is 11.1. The number of methoxy groups -OCH3 is 3. The molecule has 9 nitrogen and oxygen atoms in total. The second kappa shape index (κ2) is 9.46. The number of ether oxygens (including phenoxy) is 3. The van der Waals surface area contributed by atoms with Gasteiger partial charge in [0.25, 0.3) is 0 Å². The van der Waals surface area contributed by atoms with Crippen molar-refractivity contribution in [3.63, 3.8) is 0 Å². The highest BCUT2D eigenvalue weighted by Gasteiger charge is 2.13. The normalized spacial score (nSPS) is 10.1. The molecule has 0 saturated carbocycles. The van der Waals surface area contributed by atoms with Crippen LogP contribution in [0.2, 0.25) is 0 Å². The molecular formula is C21H23N5O4. The van der Waals surface area contributed by atoms with Crippen LogP contribution in [0.4, 0.5) is 28.7 Å². The van der Waals surface area contributed by atoms with Crippen molar-refractivity contribution in [2.45, 2.75) is 6.92 Å². The molecule has 0 unspecified atom stereocenters. The molecule has 3 rings (SSSR count). The average Bonchev–Trinajstić information content (AvgIpc) is 2.74. The van der Waals surface area contributed by atoms with Crippen molar-refractivity contribution in [2.75, 3.05) is 37.3 Å². The SMILES string of the molecule is COc1cc(Nc2cncc(Nc3ccc(NC(C)=O)cc3)n2)cc(OC)c1OC. The van der Waals surface area contributed by atoms with E-state index >= 15 is 0 Å². The highest BCUT2D eigenvalue weighted by atomic mass is 16.5.